The van der Waals surface area contributed by atoms with Crippen molar-refractivity contribution in [1.29, 1.82) is 0 Å². The number of ether oxygens (including phenoxy) is 2. The van der Waals surface area contributed by atoms with E-state index in [4.69, 9.17) is 9.47 Å². The molecule has 1 heterocycles. The van der Waals surface area contributed by atoms with Gasteiger partial charge in [-0.15, -0.1) is 0 Å². The molecule has 1 aliphatic rings. The summed E-state index contributed by atoms with van der Waals surface area (Å²) in [6, 6.07) is 5.98. The Kier molecular flexibility index (Phi) is 18.2. The van der Waals surface area contributed by atoms with Gasteiger partial charge in [0.2, 0.25) is 17.7 Å². The summed E-state index contributed by atoms with van der Waals surface area (Å²) in [6.45, 7) is 18.0. The number of carbonyl (C=O) groups excluding carboxylic acids is 4. The number of amides is 5. The summed E-state index contributed by atoms with van der Waals surface area (Å²) in [7, 11) is 4.75. The van der Waals surface area contributed by atoms with Crippen molar-refractivity contribution in [3.05, 3.63) is 35.9 Å². The van der Waals surface area contributed by atoms with E-state index in [1.54, 1.807) is 35.6 Å². The van der Waals surface area contributed by atoms with Crippen molar-refractivity contribution in [1.82, 2.24) is 25.3 Å². The Labute approximate surface area is 317 Å². The highest BCUT2D eigenvalue weighted by Crippen LogP contribution is 2.30. The molecule has 5 amide bonds. The number of benzene rings is 1. The van der Waals surface area contributed by atoms with E-state index in [-0.39, 0.29) is 42.1 Å². The van der Waals surface area contributed by atoms with E-state index >= 15 is 0 Å². The molecule has 0 aliphatic carbocycles. The van der Waals surface area contributed by atoms with Crippen molar-refractivity contribution in [3.63, 3.8) is 0 Å². The molecule has 9 atom stereocenters. The van der Waals surface area contributed by atoms with Gasteiger partial charge in [-0.05, 0) is 51.0 Å². The fourth-order valence-electron chi connectivity index (χ4n) is 7.63. The zero-order chi connectivity index (χ0) is 40.2. The van der Waals surface area contributed by atoms with Gasteiger partial charge in [-0.1, -0.05) is 78.3 Å². The molecule has 1 saturated heterocycles. The summed E-state index contributed by atoms with van der Waals surface area (Å²) >= 11 is 0. The van der Waals surface area contributed by atoms with Gasteiger partial charge in [0.15, 0.2) is 0 Å². The van der Waals surface area contributed by atoms with Gasteiger partial charge in [-0.3, -0.25) is 14.4 Å². The van der Waals surface area contributed by atoms with Gasteiger partial charge in [-0.25, -0.2) is 9.59 Å². The molecule has 13 heteroatoms. The molecule has 2 rings (SSSR count). The first-order chi connectivity index (χ1) is 25.0. The number of aliphatic carboxylic acids is 1. The summed E-state index contributed by atoms with van der Waals surface area (Å²) in [5, 5.41) is 15.7. The first-order valence-electron chi connectivity index (χ1n) is 19.2. The first-order valence-corrected chi connectivity index (χ1v) is 19.2. The van der Waals surface area contributed by atoms with Crippen LogP contribution in [0.2, 0.25) is 0 Å². The number of likely N-dealkylation sites (tertiary alicyclic amines) is 1. The molecule has 0 aromatic heterocycles. The van der Waals surface area contributed by atoms with Crippen LogP contribution in [0.3, 0.4) is 0 Å². The van der Waals surface area contributed by atoms with E-state index in [1.807, 2.05) is 78.8 Å². The van der Waals surface area contributed by atoms with Gasteiger partial charge in [0.1, 0.15) is 12.1 Å². The smallest absolute Gasteiger partial charge is 0.326 e. The molecule has 0 radical (unpaired) electrons. The van der Waals surface area contributed by atoms with Crippen LogP contribution in [-0.4, -0.2) is 126 Å². The second kappa shape index (κ2) is 21.2. The summed E-state index contributed by atoms with van der Waals surface area (Å²) in [5.74, 6) is -3.54. The van der Waals surface area contributed by atoms with Gasteiger partial charge in [0, 0.05) is 46.3 Å². The maximum atomic E-state index is 14.2. The Morgan fingerprint density at radius 1 is 0.925 bits per heavy atom. The second-order valence-electron chi connectivity index (χ2n) is 15.2. The molecule has 2 unspecified atom stereocenters. The number of carbonyl (C=O) groups is 5. The summed E-state index contributed by atoms with van der Waals surface area (Å²) in [4.78, 5) is 72.4. The number of carboxylic acids is 1. The predicted molar refractivity (Wildman–Crippen MR) is 205 cm³/mol. The van der Waals surface area contributed by atoms with Crippen molar-refractivity contribution in [3.8, 4) is 0 Å². The standard InChI is InChI=1S/C40H67N5O8/c1-13-26(7)35(43(10)38(48)33(24(3)4)42-40(51)44(14-2)25(5)6)31(52-11)23-32(46)45-22-18-21-30(45)36(53-12)28(9)37(47)41-34(39(49)50)27(8)29-19-16-15-17-20-29/h15-17,19-20,24-28,30-31,33-36H,13-14,18,21-23H2,1-12H3,(H,41,47)(H,42,51)(H,49,50)/t26-,27?,28+,30-,31+,33-,34?,35-,36+/m0/s1. The van der Waals surface area contributed by atoms with Crippen molar-refractivity contribution in [2.75, 3.05) is 34.4 Å². The van der Waals surface area contributed by atoms with Crippen LogP contribution < -0.4 is 10.6 Å². The third kappa shape index (κ3) is 11.6. The predicted octanol–water partition coefficient (Wildman–Crippen LogP) is 4.74. The number of carboxylic acid groups (broad SMARTS) is 1. The molecule has 300 valence electrons. The van der Waals surface area contributed by atoms with Crippen LogP contribution >= 0.6 is 0 Å². The molecule has 1 aromatic rings. The van der Waals surface area contributed by atoms with Gasteiger partial charge >= 0.3 is 12.0 Å². The van der Waals surface area contributed by atoms with Gasteiger partial charge < -0.3 is 39.9 Å². The zero-order valence-corrected chi connectivity index (χ0v) is 34.1. The average Bonchev–Trinajstić information content (AvgIpc) is 3.61. The zero-order valence-electron chi connectivity index (χ0n) is 34.1. The SMILES string of the molecule is CC[C@H](C)[C@@H]([C@@H](CC(=O)N1CCC[C@H]1[C@H](OC)[C@@H](C)C(=O)NC(C(=O)O)C(C)c1ccccc1)OC)N(C)C(=O)[C@@H](NC(=O)N(CC)C(C)C)C(C)C. The van der Waals surface area contributed by atoms with Crippen LogP contribution in [0.4, 0.5) is 4.79 Å². The molecule has 53 heavy (non-hydrogen) atoms. The molecular weight excluding hydrogens is 678 g/mol. The number of hydrogen-bond acceptors (Lipinski definition) is 7. The lowest BCUT2D eigenvalue weighted by Crippen LogP contribution is -2.59. The molecule has 0 saturated carbocycles. The molecule has 1 aliphatic heterocycles. The second-order valence-corrected chi connectivity index (χ2v) is 15.2. The quantitative estimate of drug-likeness (QED) is 0.173. The van der Waals surface area contributed by atoms with Crippen LogP contribution in [0, 0.1) is 17.8 Å². The van der Waals surface area contributed by atoms with Gasteiger partial charge in [-0.2, -0.15) is 0 Å². The summed E-state index contributed by atoms with van der Waals surface area (Å²) in [6.07, 6.45) is 0.674. The maximum Gasteiger partial charge on any atom is 0.326 e. The van der Waals surface area contributed by atoms with E-state index in [0.717, 1.165) is 12.0 Å². The summed E-state index contributed by atoms with van der Waals surface area (Å²) in [5.41, 5.74) is 0.790. The Balaban J connectivity index is 2.28. The Morgan fingerprint density at radius 2 is 1.55 bits per heavy atom. The molecule has 1 aromatic carbocycles. The van der Waals surface area contributed by atoms with Crippen molar-refractivity contribution < 1.29 is 38.6 Å². The molecule has 0 spiro atoms. The number of urea groups is 1. The lowest BCUT2D eigenvalue weighted by atomic mass is 9.89. The van der Waals surface area contributed by atoms with E-state index in [2.05, 4.69) is 10.6 Å². The fourth-order valence-corrected chi connectivity index (χ4v) is 7.63. The Hall–Kier alpha value is -3.71. The minimum atomic E-state index is -1.16. The topological polar surface area (TPSA) is 158 Å². The number of nitrogens with zero attached hydrogens (tertiary/aromatic N) is 3. The highest BCUT2D eigenvalue weighted by molar-refractivity contribution is 5.88. The highest BCUT2D eigenvalue weighted by Gasteiger charge is 2.43. The average molecular weight is 746 g/mol. The van der Waals surface area contributed by atoms with Crippen molar-refractivity contribution in [2.24, 2.45) is 17.8 Å². The fraction of sp³-hybridized carbons (Fsp3) is 0.725. The molecule has 13 nitrogen and oxygen atoms in total. The monoisotopic (exact) mass is 745 g/mol. The molecular formula is C40H67N5O8. The lowest BCUT2D eigenvalue weighted by Gasteiger charge is -2.41. The largest absolute Gasteiger partial charge is 0.480 e. The van der Waals surface area contributed by atoms with E-state index < -0.39 is 60.1 Å². The number of likely N-dealkylation sites (N-methyl/N-ethyl adjacent to an activating group) is 1. The maximum absolute atomic E-state index is 14.2. The Morgan fingerprint density at radius 3 is 2.04 bits per heavy atom. The summed E-state index contributed by atoms with van der Waals surface area (Å²) < 4.78 is 11.9. The Bertz CT molecular complexity index is 1340. The van der Waals surface area contributed by atoms with Crippen molar-refractivity contribution in [2.45, 2.75) is 136 Å². The van der Waals surface area contributed by atoms with Crippen LogP contribution in [0.15, 0.2) is 30.3 Å². The number of methoxy groups -OCH3 is 2. The lowest BCUT2D eigenvalue weighted by molar-refractivity contribution is -0.148. The first kappa shape index (κ1) is 45.4. The van der Waals surface area contributed by atoms with E-state index in [0.29, 0.717) is 25.9 Å². The number of rotatable bonds is 20. The van der Waals surface area contributed by atoms with Gasteiger partial charge in [0.05, 0.1) is 36.6 Å². The van der Waals surface area contributed by atoms with E-state index in [9.17, 15) is 29.1 Å². The number of hydrogen-bond donors (Lipinski definition) is 3. The van der Waals surface area contributed by atoms with Crippen LogP contribution in [-0.2, 0) is 28.7 Å². The molecule has 3 N–H and O–H groups in total. The molecule has 1 fully saturated rings. The third-order valence-electron chi connectivity index (χ3n) is 11.1. The van der Waals surface area contributed by atoms with Crippen molar-refractivity contribution >= 4 is 29.7 Å². The van der Waals surface area contributed by atoms with Crippen LogP contribution in [0.25, 0.3) is 0 Å². The van der Waals surface area contributed by atoms with E-state index in [1.165, 1.54) is 14.2 Å². The third-order valence-corrected chi connectivity index (χ3v) is 11.1. The highest BCUT2D eigenvalue weighted by atomic mass is 16.5. The van der Waals surface area contributed by atoms with Gasteiger partial charge in [0.25, 0.3) is 0 Å². The minimum absolute atomic E-state index is 0.0119. The number of nitrogens with one attached hydrogen (secondary N) is 2. The molecule has 0 bridgehead atoms. The minimum Gasteiger partial charge on any atom is -0.480 e. The normalized spacial score (nSPS) is 19.1. The van der Waals surface area contributed by atoms with Crippen LogP contribution in [0.5, 0.6) is 0 Å². The van der Waals surface area contributed by atoms with Crippen LogP contribution in [0.1, 0.15) is 99.5 Å².